The summed E-state index contributed by atoms with van der Waals surface area (Å²) in [6, 6.07) is 18.3. The first-order chi connectivity index (χ1) is 16.5. The van der Waals surface area contributed by atoms with Crippen molar-refractivity contribution in [3.05, 3.63) is 107 Å². The van der Waals surface area contributed by atoms with Crippen LogP contribution in [-0.2, 0) is 9.53 Å². The third-order valence-electron chi connectivity index (χ3n) is 7.40. The van der Waals surface area contributed by atoms with Crippen molar-refractivity contribution < 1.29 is 23.5 Å². The highest BCUT2D eigenvalue weighted by Crippen LogP contribution is 2.60. The number of esters is 1. The third-order valence-corrected chi connectivity index (χ3v) is 7.40. The van der Waals surface area contributed by atoms with Crippen LogP contribution in [0.3, 0.4) is 0 Å². The maximum atomic E-state index is 15.4. The second-order valence-electron chi connectivity index (χ2n) is 8.81. The van der Waals surface area contributed by atoms with Crippen LogP contribution >= 0.6 is 0 Å². The summed E-state index contributed by atoms with van der Waals surface area (Å²) < 4.78 is 20.6. The van der Waals surface area contributed by atoms with Gasteiger partial charge in [-0.2, -0.15) is 0 Å². The normalized spacial score (nSPS) is 23.6. The molecule has 2 heterocycles. The van der Waals surface area contributed by atoms with Gasteiger partial charge in [-0.25, -0.2) is 9.18 Å². The lowest BCUT2D eigenvalue weighted by Crippen LogP contribution is -2.48. The maximum Gasteiger partial charge on any atom is 0.329 e. The van der Waals surface area contributed by atoms with Crippen LogP contribution in [-0.4, -0.2) is 36.7 Å². The summed E-state index contributed by atoms with van der Waals surface area (Å²) in [5.74, 6) is -3.08. The molecular formula is C28H20FNO4. The summed E-state index contributed by atoms with van der Waals surface area (Å²) in [5, 5.41) is 0. The molecule has 3 atom stereocenters. The Morgan fingerprint density at radius 3 is 2.21 bits per heavy atom. The van der Waals surface area contributed by atoms with Crippen molar-refractivity contribution in [2.45, 2.75) is 18.0 Å². The minimum atomic E-state index is -1.71. The Labute approximate surface area is 195 Å². The maximum absolute atomic E-state index is 15.4. The largest absolute Gasteiger partial charge is 0.467 e. The number of para-hydroxylation sites is 1. The summed E-state index contributed by atoms with van der Waals surface area (Å²) in [4.78, 5) is 43.5. The van der Waals surface area contributed by atoms with E-state index in [-0.39, 0.29) is 5.56 Å². The van der Waals surface area contributed by atoms with Gasteiger partial charge in [-0.05, 0) is 23.3 Å². The fourth-order valence-electron chi connectivity index (χ4n) is 6.08. The molecule has 2 aliphatic heterocycles. The minimum Gasteiger partial charge on any atom is -0.467 e. The van der Waals surface area contributed by atoms with Gasteiger partial charge in [0, 0.05) is 22.7 Å². The fraction of sp³-hybridized carbons (Fsp3) is 0.179. The number of ketones is 2. The lowest BCUT2D eigenvalue weighted by Gasteiger charge is -2.36. The Balaban J connectivity index is 1.71. The highest BCUT2D eigenvalue weighted by molar-refractivity contribution is 6.32. The van der Waals surface area contributed by atoms with E-state index in [0.29, 0.717) is 16.8 Å². The molecular weight excluding hydrogens is 433 g/mol. The quantitative estimate of drug-likeness (QED) is 0.424. The van der Waals surface area contributed by atoms with Crippen LogP contribution in [0.1, 0.15) is 37.8 Å². The molecule has 0 N–H and O–H groups in total. The lowest BCUT2D eigenvalue weighted by molar-refractivity contribution is -0.142. The van der Waals surface area contributed by atoms with E-state index in [0.717, 1.165) is 5.56 Å². The second-order valence-corrected chi connectivity index (χ2v) is 8.81. The molecule has 1 spiro atoms. The number of carbonyl (C=O) groups excluding carboxylic acids is 3. The Kier molecular flexibility index (Phi) is 4.36. The number of hydrogen-bond donors (Lipinski definition) is 0. The van der Waals surface area contributed by atoms with E-state index >= 15 is 4.39 Å². The van der Waals surface area contributed by atoms with Gasteiger partial charge in [0.15, 0.2) is 11.6 Å². The monoisotopic (exact) mass is 453 g/mol. The van der Waals surface area contributed by atoms with Crippen LogP contribution in [0.5, 0.6) is 0 Å². The van der Waals surface area contributed by atoms with E-state index < -0.39 is 46.8 Å². The first-order valence-electron chi connectivity index (χ1n) is 11.1. The number of benzene rings is 3. The van der Waals surface area contributed by atoms with Crippen molar-refractivity contribution >= 4 is 29.3 Å². The number of halogens is 1. The second kappa shape index (κ2) is 7.22. The fourth-order valence-corrected chi connectivity index (χ4v) is 6.08. The van der Waals surface area contributed by atoms with Crippen LogP contribution in [0, 0.1) is 11.2 Å². The average molecular weight is 453 g/mol. The molecule has 0 bridgehead atoms. The molecule has 168 valence electrons. The Morgan fingerprint density at radius 1 is 0.912 bits per heavy atom. The number of ether oxygens (including phenoxy) is 1. The van der Waals surface area contributed by atoms with Gasteiger partial charge in [0.05, 0.1) is 13.2 Å². The lowest BCUT2D eigenvalue weighted by atomic mass is 9.64. The van der Waals surface area contributed by atoms with Gasteiger partial charge in [-0.1, -0.05) is 72.8 Å². The number of hydrogen-bond acceptors (Lipinski definition) is 5. The highest BCUT2D eigenvalue weighted by atomic mass is 19.1. The molecule has 3 aromatic carbocycles. The average Bonchev–Trinajstić information content (AvgIpc) is 3.30. The molecule has 1 aliphatic carbocycles. The van der Waals surface area contributed by atoms with Crippen molar-refractivity contribution in [3.63, 3.8) is 0 Å². The van der Waals surface area contributed by atoms with Gasteiger partial charge in [0.1, 0.15) is 17.3 Å². The zero-order valence-electron chi connectivity index (χ0n) is 18.3. The van der Waals surface area contributed by atoms with Crippen LogP contribution in [0.4, 0.5) is 10.1 Å². The molecule has 0 aromatic heterocycles. The Hall–Kier alpha value is -4.06. The molecule has 0 radical (unpaired) electrons. The zero-order chi connectivity index (χ0) is 23.6. The molecule has 0 unspecified atom stereocenters. The van der Waals surface area contributed by atoms with Gasteiger partial charge in [0.25, 0.3) is 0 Å². The van der Waals surface area contributed by atoms with Gasteiger partial charge in [-0.3, -0.25) is 9.59 Å². The number of Topliss-reactive ketones (excluding diaryl/α,β-unsaturated/α-hetero) is 2. The van der Waals surface area contributed by atoms with Gasteiger partial charge in [-0.15, -0.1) is 0 Å². The van der Waals surface area contributed by atoms with E-state index in [1.807, 2.05) is 30.3 Å². The number of methoxy groups -OCH3 is 1. The Bertz CT molecular complexity index is 1380. The molecule has 5 nitrogen and oxygen atoms in total. The molecule has 3 aromatic rings. The smallest absolute Gasteiger partial charge is 0.329 e. The number of nitrogens with zero attached hydrogens (tertiary/aromatic N) is 1. The van der Waals surface area contributed by atoms with Crippen molar-refractivity contribution in [1.82, 2.24) is 0 Å². The van der Waals surface area contributed by atoms with Gasteiger partial charge >= 0.3 is 5.97 Å². The molecule has 3 aliphatic rings. The third kappa shape index (κ3) is 2.40. The summed E-state index contributed by atoms with van der Waals surface area (Å²) in [6.07, 6.45) is 3.65. The summed E-state index contributed by atoms with van der Waals surface area (Å²) >= 11 is 0. The SMILES string of the molecule is COC(=O)[C@@H]1[C@@H](c2ccccc2F)C2(C(=O)c3ccccc3C2=O)[C@H]2C=Cc3ccccc3N12. The van der Waals surface area contributed by atoms with Gasteiger partial charge in [0.2, 0.25) is 0 Å². The summed E-state index contributed by atoms with van der Waals surface area (Å²) in [7, 11) is 1.26. The number of carbonyl (C=O) groups is 3. The highest BCUT2D eigenvalue weighted by Gasteiger charge is 2.72. The molecule has 1 fully saturated rings. The number of fused-ring (bicyclic) bond motifs is 5. The number of anilines is 1. The molecule has 34 heavy (non-hydrogen) atoms. The molecule has 6 rings (SSSR count). The predicted octanol–water partition coefficient (Wildman–Crippen LogP) is 4.43. The van der Waals surface area contributed by atoms with E-state index in [1.165, 1.54) is 13.2 Å². The van der Waals surface area contributed by atoms with Crippen LogP contribution in [0.2, 0.25) is 0 Å². The van der Waals surface area contributed by atoms with Crippen molar-refractivity contribution in [2.75, 3.05) is 12.0 Å². The van der Waals surface area contributed by atoms with Crippen LogP contribution in [0.25, 0.3) is 6.08 Å². The summed E-state index contributed by atoms with van der Waals surface area (Å²) in [6.45, 7) is 0. The first-order valence-corrected chi connectivity index (χ1v) is 11.1. The van der Waals surface area contributed by atoms with Crippen molar-refractivity contribution in [3.8, 4) is 0 Å². The van der Waals surface area contributed by atoms with E-state index in [1.54, 1.807) is 53.4 Å². The minimum absolute atomic E-state index is 0.146. The first kappa shape index (κ1) is 20.5. The van der Waals surface area contributed by atoms with E-state index in [4.69, 9.17) is 4.74 Å². The van der Waals surface area contributed by atoms with Crippen LogP contribution < -0.4 is 4.90 Å². The van der Waals surface area contributed by atoms with Crippen molar-refractivity contribution in [2.24, 2.45) is 5.41 Å². The van der Waals surface area contributed by atoms with Crippen molar-refractivity contribution in [1.29, 1.82) is 0 Å². The molecule has 0 amide bonds. The Morgan fingerprint density at radius 2 is 1.53 bits per heavy atom. The van der Waals surface area contributed by atoms with Crippen LogP contribution in [0.15, 0.2) is 78.9 Å². The topological polar surface area (TPSA) is 63.7 Å². The van der Waals surface area contributed by atoms with E-state index in [9.17, 15) is 14.4 Å². The van der Waals surface area contributed by atoms with Gasteiger partial charge < -0.3 is 9.64 Å². The number of rotatable bonds is 2. The summed E-state index contributed by atoms with van der Waals surface area (Å²) in [5.41, 5.74) is 0.563. The molecule has 0 saturated carbocycles. The molecule has 1 saturated heterocycles. The zero-order valence-corrected chi connectivity index (χ0v) is 18.3. The standard InChI is InChI=1S/C28H20FNO4/c1-34-27(33)24-23(19-11-5-6-12-20(19)29)28(25(31)17-9-3-4-10-18(17)26(28)32)22-15-14-16-8-2-7-13-21(16)30(22)24/h2-15,22-24H,1H3/t22-,23-,24+/m1/s1. The predicted molar refractivity (Wildman–Crippen MR) is 124 cm³/mol. The van der Waals surface area contributed by atoms with E-state index in [2.05, 4.69) is 0 Å². The molecule has 6 heteroatoms.